The second kappa shape index (κ2) is 8.60. The molecular formula is C19H16Cl2N2O5. The van der Waals surface area contributed by atoms with Crippen molar-refractivity contribution in [2.45, 2.75) is 12.6 Å². The first-order valence-corrected chi connectivity index (χ1v) is 8.98. The van der Waals surface area contributed by atoms with Crippen LogP contribution in [-0.4, -0.2) is 40.4 Å². The topological polar surface area (TPSA) is 90.7 Å². The Bertz CT molecular complexity index is 1070. The van der Waals surface area contributed by atoms with Crippen molar-refractivity contribution in [3.63, 3.8) is 0 Å². The van der Waals surface area contributed by atoms with Crippen molar-refractivity contribution in [1.82, 2.24) is 9.55 Å². The Morgan fingerprint density at radius 3 is 2.64 bits per heavy atom. The van der Waals surface area contributed by atoms with Gasteiger partial charge in [0.15, 0.2) is 0 Å². The summed E-state index contributed by atoms with van der Waals surface area (Å²) in [6, 6.07) is 9.29. The number of halogens is 2. The van der Waals surface area contributed by atoms with E-state index in [4.69, 9.17) is 27.9 Å². The van der Waals surface area contributed by atoms with Crippen LogP contribution in [0.1, 0.15) is 10.4 Å². The smallest absolute Gasteiger partial charge is 0.337 e. The fourth-order valence-electron chi connectivity index (χ4n) is 2.60. The number of hydrogen-bond acceptors (Lipinski definition) is 6. The van der Waals surface area contributed by atoms with Gasteiger partial charge in [-0.25, -0.2) is 9.78 Å². The Labute approximate surface area is 170 Å². The van der Waals surface area contributed by atoms with Crippen molar-refractivity contribution >= 4 is 40.1 Å². The molecule has 0 amide bonds. The summed E-state index contributed by atoms with van der Waals surface area (Å²) >= 11 is 12.0. The first kappa shape index (κ1) is 20.1. The van der Waals surface area contributed by atoms with E-state index < -0.39 is 12.1 Å². The molecule has 2 aromatic carbocycles. The summed E-state index contributed by atoms with van der Waals surface area (Å²) in [4.78, 5) is 28.2. The number of methoxy groups -OCH3 is 1. The van der Waals surface area contributed by atoms with Crippen molar-refractivity contribution in [2.24, 2.45) is 0 Å². The standard InChI is InChI=1S/C19H16Cl2N2O5/c1-27-19(26)11-2-4-14(5-3-11)28-9-13(24)8-23-10-22-17-15(18(23)25)6-12(20)7-16(17)21/h2-7,10,13,24H,8-9H2,1H3/t13-/m0/s1. The summed E-state index contributed by atoms with van der Waals surface area (Å²) in [5.41, 5.74) is 0.376. The molecule has 0 saturated heterocycles. The molecule has 9 heteroatoms. The van der Waals surface area contributed by atoms with E-state index in [1.54, 1.807) is 24.3 Å². The number of aromatic nitrogens is 2. The third-order valence-corrected chi connectivity index (χ3v) is 4.48. The van der Waals surface area contributed by atoms with E-state index >= 15 is 0 Å². The zero-order valence-electron chi connectivity index (χ0n) is 14.8. The Hall–Kier alpha value is -2.61. The molecule has 0 saturated carbocycles. The number of aliphatic hydroxyl groups excluding tert-OH is 1. The van der Waals surface area contributed by atoms with E-state index in [1.165, 1.54) is 30.1 Å². The number of hydrogen-bond donors (Lipinski definition) is 1. The third-order valence-electron chi connectivity index (χ3n) is 3.97. The zero-order valence-corrected chi connectivity index (χ0v) is 16.3. The van der Waals surface area contributed by atoms with Gasteiger partial charge in [-0.05, 0) is 36.4 Å². The Kier molecular flexibility index (Phi) is 6.18. The van der Waals surface area contributed by atoms with E-state index in [-0.39, 0.29) is 29.1 Å². The maximum atomic E-state index is 12.6. The fraction of sp³-hybridized carbons (Fsp3) is 0.211. The summed E-state index contributed by atoms with van der Waals surface area (Å²) < 4.78 is 11.4. The second-order valence-corrected chi connectivity index (χ2v) is 6.81. The number of fused-ring (bicyclic) bond motifs is 1. The van der Waals surface area contributed by atoms with Crippen LogP contribution in [0.25, 0.3) is 10.9 Å². The summed E-state index contributed by atoms with van der Waals surface area (Å²) in [6.07, 6.45) is 0.352. The van der Waals surface area contributed by atoms with Crippen molar-refractivity contribution in [3.05, 3.63) is 68.7 Å². The summed E-state index contributed by atoms with van der Waals surface area (Å²) in [6.45, 7) is -0.0789. The van der Waals surface area contributed by atoms with Crippen molar-refractivity contribution < 1.29 is 19.4 Å². The van der Waals surface area contributed by atoms with Gasteiger partial charge in [0.05, 0.1) is 41.5 Å². The molecule has 1 heterocycles. The minimum Gasteiger partial charge on any atom is -0.491 e. The maximum Gasteiger partial charge on any atom is 0.337 e. The number of benzene rings is 2. The molecule has 0 fully saturated rings. The van der Waals surface area contributed by atoms with Gasteiger partial charge in [-0.2, -0.15) is 0 Å². The molecule has 1 atom stereocenters. The van der Waals surface area contributed by atoms with Crippen LogP contribution in [0.2, 0.25) is 10.0 Å². The van der Waals surface area contributed by atoms with Gasteiger partial charge in [0.2, 0.25) is 0 Å². The number of carbonyl (C=O) groups excluding carboxylic acids is 1. The van der Waals surface area contributed by atoms with Gasteiger partial charge < -0.3 is 14.6 Å². The van der Waals surface area contributed by atoms with Crippen LogP contribution in [0.15, 0.2) is 47.5 Å². The molecule has 0 bridgehead atoms. The highest BCUT2D eigenvalue weighted by atomic mass is 35.5. The van der Waals surface area contributed by atoms with Crippen LogP contribution in [0.3, 0.4) is 0 Å². The molecule has 0 aliphatic rings. The second-order valence-electron chi connectivity index (χ2n) is 5.97. The van der Waals surface area contributed by atoms with Crippen molar-refractivity contribution in [2.75, 3.05) is 13.7 Å². The lowest BCUT2D eigenvalue weighted by Gasteiger charge is -2.14. The number of esters is 1. The van der Waals surface area contributed by atoms with Gasteiger partial charge in [-0.1, -0.05) is 23.2 Å². The molecule has 1 aromatic heterocycles. The minimum absolute atomic E-state index is 0.0217. The monoisotopic (exact) mass is 422 g/mol. The van der Waals surface area contributed by atoms with Crippen LogP contribution in [0.4, 0.5) is 0 Å². The molecule has 1 N–H and O–H groups in total. The Morgan fingerprint density at radius 2 is 1.96 bits per heavy atom. The zero-order chi connectivity index (χ0) is 20.3. The lowest BCUT2D eigenvalue weighted by Crippen LogP contribution is -2.30. The van der Waals surface area contributed by atoms with Crippen LogP contribution >= 0.6 is 23.2 Å². The van der Waals surface area contributed by atoms with E-state index in [9.17, 15) is 14.7 Å². The lowest BCUT2D eigenvalue weighted by atomic mass is 10.2. The predicted octanol–water partition coefficient (Wildman–Crippen LogP) is 2.93. The van der Waals surface area contributed by atoms with Gasteiger partial charge in [0, 0.05) is 5.02 Å². The highest BCUT2D eigenvalue weighted by Gasteiger charge is 2.13. The van der Waals surface area contributed by atoms with Crippen LogP contribution in [0.5, 0.6) is 5.75 Å². The molecule has 3 aromatic rings. The number of carbonyl (C=O) groups is 1. The highest BCUT2D eigenvalue weighted by Crippen LogP contribution is 2.24. The van der Waals surface area contributed by atoms with Crippen LogP contribution < -0.4 is 10.3 Å². The number of aliphatic hydroxyl groups is 1. The van der Waals surface area contributed by atoms with Gasteiger partial charge in [-0.3, -0.25) is 9.36 Å². The van der Waals surface area contributed by atoms with Crippen LogP contribution in [-0.2, 0) is 11.3 Å². The molecule has 0 aliphatic heterocycles. The number of ether oxygens (including phenoxy) is 2. The molecule has 28 heavy (non-hydrogen) atoms. The summed E-state index contributed by atoms with van der Waals surface area (Å²) in [5, 5.41) is 11.1. The molecule has 0 aliphatic carbocycles. The first-order chi connectivity index (χ1) is 13.4. The molecule has 0 radical (unpaired) electrons. The first-order valence-electron chi connectivity index (χ1n) is 8.22. The Morgan fingerprint density at radius 1 is 1.25 bits per heavy atom. The average Bonchev–Trinajstić information content (AvgIpc) is 2.68. The van der Waals surface area contributed by atoms with Gasteiger partial charge >= 0.3 is 5.97 Å². The van der Waals surface area contributed by atoms with E-state index in [0.29, 0.717) is 21.9 Å². The average molecular weight is 423 g/mol. The molecule has 0 unspecified atom stereocenters. The number of nitrogens with zero attached hydrogens (tertiary/aromatic N) is 2. The summed E-state index contributed by atoms with van der Waals surface area (Å²) in [5.74, 6) is 0.0178. The maximum absolute atomic E-state index is 12.6. The highest BCUT2D eigenvalue weighted by molar-refractivity contribution is 6.38. The lowest BCUT2D eigenvalue weighted by molar-refractivity contribution is 0.0600. The molecule has 0 spiro atoms. The van der Waals surface area contributed by atoms with E-state index in [1.807, 2.05) is 0 Å². The van der Waals surface area contributed by atoms with Crippen LogP contribution in [0, 0.1) is 0 Å². The quantitative estimate of drug-likeness (QED) is 0.614. The van der Waals surface area contributed by atoms with Gasteiger partial charge in [-0.15, -0.1) is 0 Å². The van der Waals surface area contributed by atoms with Gasteiger partial charge in [0.1, 0.15) is 18.5 Å². The van der Waals surface area contributed by atoms with Crippen molar-refractivity contribution in [3.8, 4) is 5.75 Å². The molecular weight excluding hydrogens is 407 g/mol. The van der Waals surface area contributed by atoms with Crippen molar-refractivity contribution in [1.29, 1.82) is 0 Å². The SMILES string of the molecule is COC(=O)c1ccc(OC[C@@H](O)Cn2cnc3c(Cl)cc(Cl)cc3c2=O)cc1. The largest absolute Gasteiger partial charge is 0.491 e. The third kappa shape index (κ3) is 4.44. The normalized spacial score (nSPS) is 12.0. The molecule has 7 nitrogen and oxygen atoms in total. The predicted molar refractivity (Wildman–Crippen MR) is 105 cm³/mol. The fourth-order valence-corrected chi connectivity index (χ4v) is 3.14. The minimum atomic E-state index is -0.966. The summed E-state index contributed by atoms with van der Waals surface area (Å²) in [7, 11) is 1.30. The molecule has 3 rings (SSSR count). The van der Waals surface area contributed by atoms with Gasteiger partial charge in [0.25, 0.3) is 5.56 Å². The van der Waals surface area contributed by atoms with E-state index in [2.05, 4.69) is 9.72 Å². The Balaban J connectivity index is 1.68. The number of rotatable bonds is 6. The molecule has 146 valence electrons. The van der Waals surface area contributed by atoms with E-state index in [0.717, 1.165) is 0 Å².